The average molecular weight is 485 g/mol. The second-order valence-corrected chi connectivity index (χ2v) is 8.72. The van der Waals surface area contributed by atoms with Crippen molar-refractivity contribution in [3.8, 4) is 0 Å². The highest BCUT2D eigenvalue weighted by molar-refractivity contribution is 6.12. The maximum atomic E-state index is 14.9. The van der Waals surface area contributed by atoms with Crippen LogP contribution in [0.25, 0.3) is 5.65 Å². The monoisotopic (exact) mass is 485 g/mol. The Balaban J connectivity index is 1.34. The van der Waals surface area contributed by atoms with Gasteiger partial charge in [0.05, 0.1) is 36.5 Å². The Morgan fingerprint density at radius 3 is 2.60 bits per heavy atom. The molecule has 2 fully saturated rings. The normalized spacial score (nSPS) is 18.9. The van der Waals surface area contributed by atoms with E-state index in [-0.39, 0.29) is 40.4 Å². The van der Waals surface area contributed by atoms with Crippen LogP contribution in [0.5, 0.6) is 0 Å². The molecule has 1 unspecified atom stereocenters. The van der Waals surface area contributed by atoms with Crippen LogP contribution in [-0.2, 0) is 4.79 Å². The van der Waals surface area contributed by atoms with Crippen LogP contribution in [0.3, 0.4) is 0 Å². The van der Waals surface area contributed by atoms with Crippen LogP contribution in [0.15, 0.2) is 24.8 Å². The molecule has 1 atom stereocenters. The summed E-state index contributed by atoms with van der Waals surface area (Å²) < 4.78 is 29.5. The molecule has 3 aromatic heterocycles. The molecule has 2 amide bonds. The zero-order chi connectivity index (χ0) is 24.7. The first kappa shape index (κ1) is 22.9. The third kappa shape index (κ3) is 4.22. The van der Waals surface area contributed by atoms with Gasteiger partial charge < -0.3 is 20.9 Å². The van der Waals surface area contributed by atoms with Crippen LogP contribution in [-0.4, -0.2) is 87.0 Å². The number of carbonyl (C=O) groups is 2. The first-order chi connectivity index (χ1) is 16.8. The fourth-order valence-corrected chi connectivity index (χ4v) is 4.76. The standard InChI is InChI=1S/C22H25F2N9O2/c1-30-4-2-3-16(30)22(35)32-7-5-31(6-8-32)18-14(24)10-26-11-15(18)28-21(34)17-19(25)29-33-12-13(23)9-27-20(17)33/h9-12,16H,2-8H2,1H3,(H2,25,29)(H,28,34). The summed E-state index contributed by atoms with van der Waals surface area (Å²) in [5, 5.41) is 6.57. The Hall–Kier alpha value is -3.87. The van der Waals surface area contributed by atoms with Gasteiger partial charge in [-0.05, 0) is 26.4 Å². The van der Waals surface area contributed by atoms with Crippen LogP contribution in [0, 0.1) is 11.6 Å². The number of carbonyl (C=O) groups excluding carboxylic acids is 2. The number of likely N-dealkylation sites (tertiary alicyclic amines) is 1. The quantitative estimate of drug-likeness (QED) is 0.560. The first-order valence-corrected chi connectivity index (χ1v) is 11.3. The summed E-state index contributed by atoms with van der Waals surface area (Å²) in [6, 6.07) is -0.104. The minimum absolute atomic E-state index is 0.0590. The van der Waals surface area contributed by atoms with Gasteiger partial charge in [-0.15, -0.1) is 5.10 Å². The predicted molar refractivity (Wildman–Crippen MR) is 124 cm³/mol. The van der Waals surface area contributed by atoms with Gasteiger partial charge in [0.15, 0.2) is 23.1 Å². The van der Waals surface area contributed by atoms with Crippen LogP contribution in [0.1, 0.15) is 23.2 Å². The molecule has 0 saturated carbocycles. The molecule has 0 aliphatic carbocycles. The largest absolute Gasteiger partial charge is 0.381 e. The number of halogens is 2. The second kappa shape index (κ2) is 9.06. The van der Waals surface area contributed by atoms with Crippen molar-refractivity contribution < 1.29 is 18.4 Å². The van der Waals surface area contributed by atoms with E-state index in [2.05, 4.69) is 25.3 Å². The number of likely N-dealkylation sites (N-methyl/N-ethyl adjacent to an activating group) is 1. The minimum Gasteiger partial charge on any atom is -0.381 e. The van der Waals surface area contributed by atoms with Crippen LogP contribution in [0.2, 0.25) is 0 Å². The van der Waals surface area contributed by atoms with Gasteiger partial charge in [-0.2, -0.15) is 0 Å². The molecule has 5 rings (SSSR count). The number of nitrogens with zero attached hydrogens (tertiary/aromatic N) is 7. The lowest BCUT2D eigenvalue weighted by molar-refractivity contribution is -0.135. The lowest BCUT2D eigenvalue weighted by atomic mass is 10.1. The molecule has 3 aromatic rings. The molecule has 11 nitrogen and oxygen atoms in total. The van der Waals surface area contributed by atoms with Gasteiger partial charge in [0.1, 0.15) is 11.3 Å². The summed E-state index contributed by atoms with van der Waals surface area (Å²) in [7, 11) is 1.95. The Morgan fingerprint density at radius 1 is 1.11 bits per heavy atom. The van der Waals surface area contributed by atoms with Crippen LogP contribution in [0.4, 0.5) is 26.0 Å². The minimum atomic E-state index is -0.677. The van der Waals surface area contributed by atoms with E-state index in [0.29, 0.717) is 26.2 Å². The third-order valence-corrected chi connectivity index (χ3v) is 6.53. The number of anilines is 3. The Labute approximate surface area is 199 Å². The van der Waals surface area contributed by atoms with Crippen molar-refractivity contribution in [2.75, 3.05) is 55.7 Å². The zero-order valence-corrected chi connectivity index (χ0v) is 19.1. The molecular weight excluding hydrogens is 460 g/mol. The summed E-state index contributed by atoms with van der Waals surface area (Å²) in [6.45, 7) is 2.57. The summed E-state index contributed by atoms with van der Waals surface area (Å²) in [4.78, 5) is 39.4. The Bertz CT molecular complexity index is 1290. The fraction of sp³-hybridized carbons (Fsp3) is 0.409. The molecule has 0 bridgehead atoms. The molecule has 5 heterocycles. The van der Waals surface area contributed by atoms with Crippen molar-refractivity contribution in [2.45, 2.75) is 18.9 Å². The van der Waals surface area contributed by atoms with Crippen molar-refractivity contribution in [1.29, 1.82) is 0 Å². The fourth-order valence-electron chi connectivity index (χ4n) is 4.76. The number of nitrogens with one attached hydrogen (secondary N) is 1. The maximum Gasteiger partial charge on any atom is 0.263 e. The highest BCUT2D eigenvalue weighted by Gasteiger charge is 2.33. The predicted octanol–water partition coefficient (Wildman–Crippen LogP) is 0.980. The van der Waals surface area contributed by atoms with E-state index in [4.69, 9.17) is 5.73 Å². The number of nitrogen functional groups attached to an aromatic ring is 1. The van der Waals surface area contributed by atoms with E-state index >= 15 is 0 Å². The van der Waals surface area contributed by atoms with Crippen molar-refractivity contribution in [3.05, 3.63) is 42.0 Å². The first-order valence-electron chi connectivity index (χ1n) is 11.3. The lowest BCUT2D eigenvalue weighted by Gasteiger charge is -2.38. The number of hydrogen-bond donors (Lipinski definition) is 2. The average Bonchev–Trinajstić information content (AvgIpc) is 3.40. The topological polar surface area (TPSA) is 125 Å². The van der Waals surface area contributed by atoms with Gasteiger partial charge in [0.2, 0.25) is 5.91 Å². The zero-order valence-electron chi connectivity index (χ0n) is 19.1. The van der Waals surface area contributed by atoms with Crippen molar-refractivity contribution in [1.82, 2.24) is 29.4 Å². The smallest absolute Gasteiger partial charge is 0.263 e. The molecular formula is C22H25F2N9O2. The lowest BCUT2D eigenvalue weighted by Crippen LogP contribution is -2.53. The van der Waals surface area contributed by atoms with E-state index in [9.17, 15) is 18.4 Å². The van der Waals surface area contributed by atoms with E-state index in [1.54, 1.807) is 4.90 Å². The number of piperazine rings is 1. The molecule has 184 valence electrons. The molecule has 2 aliphatic rings. The molecule has 2 saturated heterocycles. The van der Waals surface area contributed by atoms with E-state index < -0.39 is 17.5 Å². The molecule has 0 spiro atoms. The molecule has 0 aromatic carbocycles. The van der Waals surface area contributed by atoms with Gasteiger partial charge >= 0.3 is 0 Å². The molecule has 35 heavy (non-hydrogen) atoms. The number of nitrogens with two attached hydrogens (primary N) is 1. The summed E-state index contributed by atoms with van der Waals surface area (Å²) in [5.41, 5.74) is 6.20. The van der Waals surface area contributed by atoms with Gasteiger partial charge in [0.25, 0.3) is 5.91 Å². The number of pyridine rings is 1. The maximum absolute atomic E-state index is 14.9. The van der Waals surface area contributed by atoms with E-state index in [1.165, 1.54) is 6.20 Å². The SMILES string of the molecule is CN1CCCC1C(=O)N1CCN(c2c(F)cncc2NC(=O)c2c(N)nn3cc(F)cnc23)CC1. The summed E-state index contributed by atoms with van der Waals surface area (Å²) >= 11 is 0. The molecule has 0 radical (unpaired) electrons. The van der Waals surface area contributed by atoms with Crippen LogP contribution >= 0.6 is 0 Å². The Morgan fingerprint density at radius 2 is 1.89 bits per heavy atom. The van der Waals surface area contributed by atoms with E-state index in [0.717, 1.165) is 42.5 Å². The van der Waals surface area contributed by atoms with Crippen LogP contribution < -0.4 is 16.0 Å². The van der Waals surface area contributed by atoms with Crippen molar-refractivity contribution in [3.63, 3.8) is 0 Å². The van der Waals surface area contributed by atoms with Gasteiger partial charge in [-0.25, -0.2) is 18.3 Å². The number of aromatic nitrogens is 4. The summed E-state index contributed by atoms with van der Waals surface area (Å²) in [5.74, 6) is -1.97. The van der Waals surface area contributed by atoms with Crippen molar-refractivity contribution in [2.24, 2.45) is 0 Å². The van der Waals surface area contributed by atoms with Gasteiger partial charge in [0, 0.05) is 26.2 Å². The third-order valence-electron chi connectivity index (χ3n) is 6.53. The molecule has 2 aliphatic heterocycles. The molecule has 13 heteroatoms. The summed E-state index contributed by atoms with van der Waals surface area (Å²) in [6.07, 6.45) is 6.26. The number of amides is 2. The Kier molecular flexibility index (Phi) is 5.93. The second-order valence-electron chi connectivity index (χ2n) is 8.72. The number of hydrogen-bond acceptors (Lipinski definition) is 8. The highest BCUT2D eigenvalue weighted by atomic mass is 19.1. The van der Waals surface area contributed by atoms with Gasteiger partial charge in [-0.1, -0.05) is 0 Å². The number of rotatable bonds is 4. The van der Waals surface area contributed by atoms with Crippen molar-refractivity contribution >= 4 is 34.7 Å². The van der Waals surface area contributed by atoms with Gasteiger partial charge in [-0.3, -0.25) is 19.5 Å². The molecule has 3 N–H and O–H groups in total. The number of fused-ring (bicyclic) bond motifs is 1. The van der Waals surface area contributed by atoms with E-state index in [1.807, 2.05) is 11.9 Å². The highest BCUT2D eigenvalue weighted by Crippen LogP contribution is 2.31.